The van der Waals surface area contributed by atoms with E-state index in [4.69, 9.17) is 0 Å². The van der Waals surface area contributed by atoms with Crippen molar-refractivity contribution in [2.24, 2.45) is 17.8 Å². The molecule has 4 unspecified atom stereocenters. The Morgan fingerprint density at radius 2 is 1.85 bits per heavy atom. The van der Waals surface area contributed by atoms with E-state index >= 15 is 0 Å². The minimum absolute atomic E-state index is 0.752. The molecule has 0 aromatic heterocycles. The normalized spacial score (nSPS) is 34.6. The lowest BCUT2D eigenvalue weighted by molar-refractivity contribution is 0.0973. The van der Waals surface area contributed by atoms with Crippen molar-refractivity contribution in [2.45, 2.75) is 78.3 Å². The average molecular weight is 281 g/mol. The number of unbranched alkanes of at least 4 members (excludes halogenated alkanes) is 1. The van der Waals surface area contributed by atoms with Crippen LogP contribution in [0.1, 0.15) is 66.2 Å². The van der Waals surface area contributed by atoms with Crippen LogP contribution in [0.15, 0.2) is 0 Å². The molecule has 0 amide bonds. The molecule has 0 aromatic carbocycles. The molecule has 20 heavy (non-hydrogen) atoms. The van der Waals surface area contributed by atoms with Gasteiger partial charge in [0.25, 0.3) is 0 Å². The fourth-order valence-electron chi connectivity index (χ4n) is 4.21. The quantitative estimate of drug-likeness (QED) is 0.725. The summed E-state index contributed by atoms with van der Waals surface area (Å²) in [4.78, 5) is 2.82. The summed E-state index contributed by atoms with van der Waals surface area (Å²) < 4.78 is 0. The van der Waals surface area contributed by atoms with E-state index in [-0.39, 0.29) is 0 Å². The highest BCUT2D eigenvalue weighted by molar-refractivity contribution is 4.92. The van der Waals surface area contributed by atoms with E-state index in [1.165, 1.54) is 51.6 Å². The number of hydrogen-bond acceptors (Lipinski definition) is 2. The Bertz CT molecular complexity index is 275. The summed E-state index contributed by atoms with van der Waals surface area (Å²) in [5, 5.41) is 3.79. The fourth-order valence-corrected chi connectivity index (χ4v) is 4.21. The summed E-state index contributed by atoms with van der Waals surface area (Å²) in [5.74, 6) is 2.64. The Morgan fingerprint density at radius 3 is 2.45 bits per heavy atom. The van der Waals surface area contributed by atoms with Gasteiger partial charge in [-0.3, -0.25) is 0 Å². The second-order valence-corrected chi connectivity index (χ2v) is 7.46. The van der Waals surface area contributed by atoms with Gasteiger partial charge in [0, 0.05) is 18.6 Å². The van der Waals surface area contributed by atoms with Gasteiger partial charge >= 0.3 is 0 Å². The molecule has 0 heterocycles. The average Bonchev–Trinajstić information content (AvgIpc) is 3.21. The van der Waals surface area contributed by atoms with Crippen LogP contribution in [0.25, 0.3) is 0 Å². The largest absolute Gasteiger partial charge is 0.314 e. The minimum Gasteiger partial charge on any atom is -0.314 e. The predicted molar refractivity (Wildman–Crippen MR) is 88.0 cm³/mol. The van der Waals surface area contributed by atoms with Crippen molar-refractivity contribution in [3.05, 3.63) is 0 Å². The Labute approximate surface area is 126 Å². The van der Waals surface area contributed by atoms with Crippen LogP contribution in [-0.4, -0.2) is 36.6 Å². The zero-order chi connectivity index (χ0) is 14.5. The molecule has 1 N–H and O–H groups in total. The SMILES string of the molecule is CCCCN(CC1C(C)CC(C)CC1NCC)C1CC1. The van der Waals surface area contributed by atoms with Crippen molar-refractivity contribution < 1.29 is 0 Å². The van der Waals surface area contributed by atoms with Crippen LogP contribution in [0.2, 0.25) is 0 Å². The van der Waals surface area contributed by atoms with E-state index < -0.39 is 0 Å². The molecule has 2 nitrogen and oxygen atoms in total. The van der Waals surface area contributed by atoms with Gasteiger partial charge in [0.15, 0.2) is 0 Å². The first kappa shape index (κ1) is 16.3. The van der Waals surface area contributed by atoms with Crippen LogP contribution in [0, 0.1) is 17.8 Å². The minimum atomic E-state index is 0.752. The maximum atomic E-state index is 3.79. The van der Waals surface area contributed by atoms with Gasteiger partial charge in [0.1, 0.15) is 0 Å². The Kier molecular flexibility index (Phi) is 6.35. The van der Waals surface area contributed by atoms with Crippen molar-refractivity contribution in [1.82, 2.24) is 10.2 Å². The Balaban J connectivity index is 1.94. The maximum Gasteiger partial charge on any atom is 0.0112 e. The first-order valence-electron chi connectivity index (χ1n) is 9.13. The third kappa shape index (κ3) is 4.46. The summed E-state index contributed by atoms with van der Waals surface area (Å²) in [7, 11) is 0. The van der Waals surface area contributed by atoms with E-state index in [2.05, 4.69) is 37.9 Å². The van der Waals surface area contributed by atoms with Gasteiger partial charge in [0.2, 0.25) is 0 Å². The van der Waals surface area contributed by atoms with Gasteiger partial charge in [0.05, 0.1) is 0 Å². The molecule has 0 radical (unpaired) electrons. The third-order valence-electron chi connectivity index (χ3n) is 5.45. The third-order valence-corrected chi connectivity index (χ3v) is 5.45. The lowest BCUT2D eigenvalue weighted by Gasteiger charge is -2.42. The van der Waals surface area contributed by atoms with Crippen molar-refractivity contribution >= 4 is 0 Å². The number of nitrogens with zero attached hydrogens (tertiary/aromatic N) is 1. The van der Waals surface area contributed by atoms with Gasteiger partial charge in [-0.25, -0.2) is 0 Å². The van der Waals surface area contributed by atoms with Gasteiger partial charge in [-0.05, 0) is 62.9 Å². The lowest BCUT2D eigenvalue weighted by Crippen LogP contribution is -2.49. The van der Waals surface area contributed by atoms with Crippen LogP contribution in [0.4, 0.5) is 0 Å². The van der Waals surface area contributed by atoms with E-state index in [1.54, 1.807) is 0 Å². The molecule has 118 valence electrons. The second kappa shape index (κ2) is 7.79. The van der Waals surface area contributed by atoms with Crippen molar-refractivity contribution in [2.75, 3.05) is 19.6 Å². The summed E-state index contributed by atoms with van der Waals surface area (Å²) in [6.45, 7) is 13.3. The summed E-state index contributed by atoms with van der Waals surface area (Å²) in [6.07, 6.45) is 8.42. The molecular weight excluding hydrogens is 244 g/mol. The first-order chi connectivity index (χ1) is 9.65. The zero-order valence-corrected chi connectivity index (χ0v) is 14.2. The first-order valence-corrected chi connectivity index (χ1v) is 9.13. The van der Waals surface area contributed by atoms with Crippen LogP contribution in [-0.2, 0) is 0 Å². The molecule has 4 atom stereocenters. The maximum absolute atomic E-state index is 3.79. The molecule has 2 saturated carbocycles. The van der Waals surface area contributed by atoms with E-state index in [9.17, 15) is 0 Å². The van der Waals surface area contributed by atoms with E-state index in [0.29, 0.717) is 0 Å². The van der Waals surface area contributed by atoms with E-state index in [1.807, 2.05) is 0 Å². The summed E-state index contributed by atoms with van der Waals surface area (Å²) in [5.41, 5.74) is 0. The molecule has 2 rings (SSSR count). The fraction of sp³-hybridized carbons (Fsp3) is 1.00. The molecule has 0 aliphatic heterocycles. The number of hydrogen-bond donors (Lipinski definition) is 1. The highest BCUT2D eigenvalue weighted by Gasteiger charge is 2.37. The molecule has 2 fully saturated rings. The second-order valence-electron chi connectivity index (χ2n) is 7.46. The topological polar surface area (TPSA) is 15.3 Å². The van der Waals surface area contributed by atoms with Gasteiger partial charge < -0.3 is 10.2 Å². The molecule has 0 aromatic rings. The van der Waals surface area contributed by atoms with Gasteiger partial charge in [-0.2, -0.15) is 0 Å². The molecular formula is C18H36N2. The van der Waals surface area contributed by atoms with E-state index in [0.717, 1.165) is 36.4 Å². The standard InChI is InChI=1S/C18H36N2/c1-5-7-10-20(16-8-9-16)13-17-15(4)11-14(3)12-18(17)19-6-2/h14-19H,5-13H2,1-4H3. The van der Waals surface area contributed by atoms with Gasteiger partial charge in [-0.1, -0.05) is 34.1 Å². The molecule has 2 aliphatic rings. The Morgan fingerprint density at radius 1 is 1.10 bits per heavy atom. The van der Waals surface area contributed by atoms with Crippen LogP contribution >= 0.6 is 0 Å². The molecule has 0 saturated heterocycles. The predicted octanol–water partition coefficient (Wildman–Crippen LogP) is 3.91. The molecule has 2 heteroatoms. The highest BCUT2D eigenvalue weighted by Crippen LogP contribution is 2.36. The zero-order valence-electron chi connectivity index (χ0n) is 14.2. The lowest BCUT2D eigenvalue weighted by atomic mass is 9.72. The monoisotopic (exact) mass is 280 g/mol. The van der Waals surface area contributed by atoms with Crippen LogP contribution in [0.3, 0.4) is 0 Å². The number of nitrogens with one attached hydrogen (secondary N) is 1. The Hall–Kier alpha value is -0.0800. The van der Waals surface area contributed by atoms with Crippen LogP contribution < -0.4 is 5.32 Å². The van der Waals surface area contributed by atoms with Gasteiger partial charge in [-0.15, -0.1) is 0 Å². The van der Waals surface area contributed by atoms with Crippen molar-refractivity contribution in [3.8, 4) is 0 Å². The van der Waals surface area contributed by atoms with Crippen molar-refractivity contribution in [1.29, 1.82) is 0 Å². The van der Waals surface area contributed by atoms with Crippen molar-refractivity contribution in [3.63, 3.8) is 0 Å². The summed E-state index contributed by atoms with van der Waals surface area (Å²) >= 11 is 0. The molecule has 0 bridgehead atoms. The smallest absolute Gasteiger partial charge is 0.0112 e. The molecule has 0 spiro atoms. The van der Waals surface area contributed by atoms with Crippen LogP contribution in [0.5, 0.6) is 0 Å². The summed E-state index contributed by atoms with van der Waals surface area (Å²) in [6, 6.07) is 1.68. The molecule has 2 aliphatic carbocycles. The highest BCUT2D eigenvalue weighted by atomic mass is 15.2. The number of rotatable bonds is 8.